The van der Waals surface area contributed by atoms with Gasteiger partial charge in [0, 0.05) is 26.2 Å². The molecule has 0 N–H and O–H groups in total. The minimum atomic E-state index is -3.68. The van der Waals surface area contributed by atoms with Crippen LogP contribution in [0.1, 0.15) is 5.01 Å². The molecule has 4 rings (SSSR count). The van der Waals surface area contributed by atoms with Gasteiger partial charge in [0.15, 0.2) is 0 Å². The van der Waals surface area contributed by atoms with Crippen molar-refractivity contribution >= 4 is 43.2 Å². The van der Waals surface area contributed by atoms with Gasteiger partial charge in [-0.15, -0.1) is 11.3 Å². The highest BCUT2D eigenvalue weighted by molar-refractivity contribution is 7.89. The normalized spacial score (nSPS) is 16.8. The van der Waals surface area contributed by atoms with Gasteiger partial charge in [-0.25, -0.2) is 17.8 Å². The highest BCUT2D eigenvalue weighted by Crippen LogP contribution is 2.25. The molecule has 2 aromatic carbocycles. The van der Waals surface area contributed by atoms with Crippen molar-refractivity contribution in [2.24, 2.45) is 0 Å². The third kappa shape index (κ3) is 3.86. The number of fused-ring (bicyclic) bond motifs is 1. The maximum atomic E-state index is 13.3. The van der Waals surface area contributed by atoms with E-state index in [9.17, 15) is 12.8 Å². The number of halogens is 2. The van der Waals surface area contributed by atoms with Crippen LogP contribution in [0.4, 0.5) is 4.39 Å². The van der Waals surface area contributed by atoms with Crippen molar-refractivity contribution in [3.8, 4) is 0 Å². The lowest BCUT2D eigenvalue weighted by Crippen LogP contribution is -2.48. The molecule has 1 aliphatic rings. The quantitative estimate of drug-likeness (QED) is 0.641. The van der Waals surface area contributed by atoms with Crippen LogP contribution >= 0.6 is 22.9 Å². The van der Waals surface area contributed by atoms with Gasteiger partial charge in [0.05, 0.1) is 26.7 Å². The molecule has 0 spiro atoms. The molecule has 0 bridgehead atoms. The zero-order chi connectivity index (χ0) is 19.0. The predicted molar refractivity (Wildman–Crippen MR) is 105 cm³/mol. The molecule has 0 radical (unpaired) electrons. The minimum Gasteiger partial charge on any atom is -0.294 e. The molecule has 0 aliphatic carbocycles. The molecule has 1 fully saturated rings. The molecule has 0 amide bonds. The molecular weight excluding hydrogens is 409 g/mol. The topological polar surface area (TPSA) is 53.5 Å². The lowest BCUT2D eigenvalue weighted by atomic mass is 10.3. The van der Waals surface area contributed by atoms with Crippen LogP contribution in [0.15, 0.2) is 47.4 Å². The third-order valence-electron chi connectivity index (χ3n) is 4.56. The van der Waals surface area contributed by atoms with Gasteiger partial charge in [0.2, 0.25) is 10.0 Å². The fourth-order valence-electron chi connectivity index (χ4n) is 3.09. The second-order valence-electron chi connectivity index (χ2n) is 6.33. The van der Waals surface area contributed by atoms with Crippen molar-refractivity contribution in [1.82, 2.24) is 14.2 Å². The molecule has 1 aromatic heterocycles. The molecular formula is C18H17ClFN3O2S2. The third-order valence-corrected chi connectivity index (χ3v) is 7.76. The fourth-order valence-corrected chi connectivity index (χ4v) is 5.80. The molecule has 1 saturated heterocycles. The van der Waals surface area contributed by atoms with Crippen molar-refractivity contribution in [1.29, 1.82) is 0 Å². The van der Waals surface area contributed by atoms with Gasteiger partial charge in [0.25, 0.3) is 0 Å². The van der Waals surface area contributed by atoms with Crippen LogP contribution in [0.3, 0.4) is 0 Å². The molecule has 2 heterocycles. The molecule has 0 unspecified atom stereocenters. The van der Waals surface area contributed by atoms with Crippen LogP contribution in [0, 0.1) is 5.82 Å². The number of benzene rings is 2. The van der Waals surface area contributed by atoms with Crippen LogP contribution in [0.2, 0.25) is 5.02 Å². The number of nitrogens with zero attached hydrogens (tertiary/aromatic N) is 3. The SMILES string of the molecule is O=S(=O)(c1ccc(F)c(Cl)c1)N1CCN(Cc2nc3ccccc3s2)CC1. The van der Waals surface area contributed by atoms with Crippen LogP contribution in [-0.2, 0) is 16.6 Å². The summed E-state index contributed by atoms with van der Waals surface area (Å²) in [6.45, 7) is 2.69. The first-order valence-corrected chi connectivity index (χ1v) is 11.1. The number of piperazine rings is 1. The Kier molecular flexibility index (Phi) is 5.17. The van der Waals surface area contributed by atoms with E-state index in [0.717, 1.165) is 21.3 Å². The largest absolute Gasteiger partial charge is 0.294 e. The number of hydrogen-bond donors (Lipinski definition) is 0. The molecule has 9 heteroatoms. The van der Waals surface area contributed by atoms with E-state index >= 15 is 0 Å². The van der Waals surface area contributed by atoms with Crippen molar-refractivity contribution in [2.45, 2.75) is 11.4 Å². The van der Waals surface area contributed by atoms with Crippen molar-refractivity contribution < 1.29 is 12.8 Å². The average molecular weight is 426 g/mol. The summed E-state index contributed by atoms with van der Waals surface area (Å²) in [4.78, 5) is 6.85. The van der Waals surface area contributed by atoms with Gasteiger partial charge in [0.1, 0.15) is 10.8 Å². The maximum Gasteiger partial charge on any atom is 0.243 e. The second-order valence-corrected chi connectivity index (χ2v) is 9.79. The van der Waals surface area contributed by atoms with Gasteiger partial charge in [-0.05, 0) is 30.3 Å². The molecule has 5 nitrogen and oxygen atoms in total. The van der Waals surface area contributed by atoms with Crippen molar-refractivity contribution in [2.75, 3.05) is 26.2 Å². The monoisotopic (exact) mass is 425 g/mol. The summed E-state index contributed by atoms with van der Waals surface area (Å²) in [5.41, 5.74) is 0.993. The Labute approximate surface area is 166 Å². The number of rotatable bonds is 4. The number of hydrogen-bond acceptors (Lipinski definition) is 5. The zero-order valence-electron chi connectivity index (χ0n) is 14.3. The van der Waals surface area contributed by atoms with Gasteiger partial charge < -0.3 is 0 Å². The Bertz CT molecular complexity index is 1050. The molecule has 3 aromatic rings. The van der Waals surface area contributed by atoms with E-state index in [1.165, 1.54) is 16.4 Å². The Balaban J connectivity index is 1.42. The minimum absolute atomic E-state index is 0.0218. The second kappa shape index (κ2) is 7.44. The molecule has 0 saturated carbocycles. The fraction of sp³-hybridized carbons (Fsp3) is 0.278. The van der Waals surface area contributed by atoms with E-state index in [4.69, 9.17) is 11.6 Å². The number of thiazole rings is 1. The summed E-state index contributed by atoms with van der Waals surface area (Å²) in [6.07, 6.45) is 0. The van der Waals surface area contributed by atoms with E-state index in [2.05, 4.69) is 16.0 Å². The Hall–Kier alpha value is -1.58. The number of aromatic nitrogens is 1. The van der Waals surface area contributed by atoms with Crippen LogP contribution in [0.25, 0.3) is 10.2 Å². The average Bonchev–Trinajstić information content (AvgIpc) is 3.06. The Morgan fingerprint density at radius 2 is 1.85 bits per heavy atom. The van der Waals surface area contributed by atoms with E-state index in [1.807, 2.05) is 18.2 Å². The summed E-state index contributed by atoms with van der Waals surface area (Å²) >= 11 is 7.40. The lowest BCUT2D eigenvalue weighted by Gasteiger charge is -2.33. The summed E-state index contributed by atoms with van der Waals surface area (Å²) < 4.78 is 41.4. The van der Waals surface area contributed by atoms with E-state index < -0.39 is 15.8 Å². The van der Waals surface area contributed by atoms with Gasteiger partial charge >= 0.3 is 0 Å². The van der Waals surface area contributed by atoms with E-state index in [1.54, 1.807) is 11.3 Å². The number of sulfonamides is 1. The molecule has 0 atom stereocenters. The Morgan fingerprint density at radius 1 is 1.11 bits per heavy atom. The first-order valence-electron chi connectivity index (χ1n) is 8.45. The van der Waals surface area contributed by atoms with Crippen LogP contribution in [-0.4, -0.2) is 48.8 Å². The van der Waals surface area contributed by atoms with E-state index in [-0.39, 0.29) is 9.92 Å². The van der Waals surface area contributed by atoms with Crippen LogP contribution in [0.5, 0.6) is 0 Å². The highest BCUT2D eigenvalue weighted by atomic mass is 35.5. The first kappa shape index (κ1) is 18.8. The van der Waals surface area contributed by atoms with Crippen molar-refractivity contribution in [3.63, 3.8) is 0 Å². The molecule has 142 valence electrons. The number of para-hydroxylation sites is 1. The molecule has 27 heavy (non-hydrogen) atoms. The summed E-state index contributed by atoms with van der Waals surface area (Å²) in [5, 5.41) is 0.836. The zero-order valence-corrected chi connectivity index (χ0v) is 16.7. The van der Waals surface area contributed by atoms with E-state index in [0.29, 0.717) is 32.7 Å². The lowest BCUT2D eigenvalue weighted by molar-refractivity contribution is 0.181. The van der Waals surface area contributed by atoms with Gasteiger partial charge in [-0.1, -0.05) is 23.7 Å². The summed E-state index contributed by atoms with van der Waals surface area (Å²) in [6, 6.07) is 11.5. The standard InChI is InChI=1S/C18H17ClFN3O2S2/c19-14-11-13(5-6-15(14)20)27(24,25)23-9-7-22(8-10-23)12-18-21-16-3-1-2-4-17(16)26-18/h1-6,11H,7-10,12H2. The van der Waals surface area contributed by atoms with Crippen LogP contribution < -0.4 is 0 Å². The highest BCUT2D eigenvalue weighted by Gasteiger charge is 2.29. The smallest absolute Gasteiger partial charge is 0.243 e. The predicted octanol–water partition coefficient (Wildman–Crippen LogP) is 3.60. The molecule has 1 aliphatic heterocycles. The maximum absolute atomic E-state index is 13.3. The van der Waals surface area contributed by atoms with Crippen molar-refractivity contribution in [3.05, 3.63) is 58.3 Å². The first-order chi connectivity index (χ1) is 12.9. The van der Waals surface area contributed by atoms with Gasteiger partial charge in [-0.3, -0.25) is 4.90 Å². The summed E-state index contributed by atoms with van der Waals surface area (Å²) in [7, 11) is -3.68. The summed E-state index contributed by atoms with van der Waals surface area (Å²) in [5.74, 6) is -0.628. The Morgan fingerprint density at radius 3 is 2.56 bits per heavy atom. The van der Waals surface area contributed by atoms with Gasteiger partial charge in [-0.2, -0.15) is 4.31 Å².